The van der Waals surface area contributed by atoms with Crippen LogP contribution >= 0.6 is 23.1 Å². The molecule has 0 N–H and O–H groups in total. The Morgan fingerprint density at radius 2 is 0.627 bits per heavy atom. The largest absolute Gasteiger partial charge is 0.309 e. The third-order valence-electron chi connectivity index (χ3n) is 16.4. The number of benzene rings is 14. The van der Waals surface area contributed by atoms with Crippen molar-refractivity contribution in [2.45, 2.75) is 0 Å². The van der Waals surface area contributed by atoms with Crippen molar-refractivity contribution >= 4 is 104 Å². The summed E-state index contributed by atoms with van der Waals surface area (Å²) in [7, 11) is -3.27. The molecule has 83 heavy (non-hydrogen) atoms. The Kier molecular flexibility index (Phi) is 12.6. The molecule has 14 aromatic carbocycles. The number of aromatic nitrogens is 2. The van der Waals surface area contributed by atoms with Gasteiger partial charge >= 0.3 is 0 Å². The Morgan fingerprint density at radius 1 is 0.265 bits per heavy atom. The maximum absolute atomic E-state index is 15.7. The van der Waals surface area contributed by atoms with Gasteiger partial charge in [-0.05, 0) is 147 Å². The van der Waals surface area contributed by atoms with E-state index in [1.54, 1.807) is 0 Å². The van der Waals surface area contributed by atoms with Crippen LogP contribution in [0.5, 0.6) is 0 Å². The molecule has 0 saturated heterocycles. The van der Waals surface area contributed by atoms with Gasteiger partial charge in [-0.25, -0.2) is 0 Å². The average Bonchev–Trinajstić information content (AvgIpc) is 3.67. The molecule has 0 saturated carbocycles. The summed E-state index contributed by atoms with van der Waals surface area (Å²) in [6.45, 7) is 0. The fraction of sp³-hybridized carbons (Fsp3) is 0. The van der Waals surface area contributed by atoms with E-state index >= 15 is 4.57 Å². The minimum absolute atomic E-state index is 0.784. The molecular formula is C78H50BrN2OP. The summed E-state index contributed by atoms with van der Waals surface area (Å²) >= 11 is 3.76. The molecule has 0 aliphatic heterocycles. The van der Waals surface area contributed by atoms with Crippen molar-refractivity contribution in [3.05, 3.63) is 308 Å². The van der Waals surface area contributed by atoms with Crippen LogP contribution in [0, 0.1) is 0 Å². The second-order valence-electron chi connectivity index (χ2n) is 21.3. The molecule has 2 aromatic heterocycles. The monoisotopic (exact) mass is 1140 g/mol. The summed E-state index contributed by atoms with van der Waals surface area (Å²) in [5.41, 5.74) is 12.8. The van der Waals surface area contributed by atoms with Gasteiger partial charge in [0.2, 0.25) is 0 Å². The van der Waals surface area contributed by atoms with Gasteiger partial charge in [-0.3, -0.25) is 9.97 Å². The highest BCUT2D eigenvalue weighted by atomic mass is 79.9. The van der Waals surface area contributed by atoms with Crippen LogP contribution in [-0.4, -0.2) is 9.97 Å². The molecule has 0 fully saturated rings. The van der Waals surface area contributed by atoms with Crippen LogP contribution in [0.2, 0.25) is 0 Å². The summed E-state index contributed by atoms with van der Waals surface area (Å²) in [4.78, 5) is 9.78. The molecule has 0 atom stereocenters. The maximum Gasteiger partial charge on any atom is 0.171 e. The van der Waals surface area contributed by atoms with Crippen LogP contribution < -0.4 is 15.9 Å². The van der Waals surface area contributed by atoms with Crippen LogP contribution in [0.1, 0.15) is 0 Å². The Hall–Kier alpha value is -9.83. The van der Waals surface area contributed by atoms with Crippen LogP contribution in [-0.2, 0) is 4.57 Å². The van der Waals surface area contributed by atoms with E-state index in [2.05, 4.69) is 222 Å². The molecule has 5 heteroatoms. The first-order valence-corrected chi connectivity index (χ1v) is 30.5. The minimum atomic E-state index is -3.27. The Morgan fingerprint density at radius 3 is 1.06 bits per heavy atom. The summed E-state index contributed by atoms with van der Waals surface area (Å²) in [5.74, 6) is 0. The molecule has 0 bridgehead atoms. The summed E-state index contributed by atoms with van der Waals surface area (Å²) in [6.07, 6.45) is 3.89. The lowest BCUT2D eigenvalue weighted by Crippen LogP contribution is -2.25. The average molecular weight is 1140 g/mol. The van der Waals surface area contributed by atoms with Crippen molar-refractivity contribution in [2.24, 2.45) is 0 Å². The highest BCUT2D eigenvalue weighted by molar-refractivity contribution is 9.10. The maximum atomic E-state index is 15.7. The molecule has 2 heterocycles. The molecule has 0 aliphatic rings. The summed E-state index contributed by atoms with van der Waals surface area (Å²) in [5, 5.41) is 17.6. The fourth-order valence-electron chi connectivity index (χ4n) is 12.4. The zero-order valence-electron chi connectivity index (χ0n) is 45.0. The first-order chi connectivity index (χ1) is 40.9. The second-order valence-corrected chi connectivity index (χ2v) is 25.0. The quantitative estimate of drug-likeness (QED) is 0.107. The molecule has 0 radical (unpaired) electrons. The van der Waals surface area contributed by atoms with Gasteiger partial charge in [0.1, 0.15) is 0 Å². The van der Waals surface area contributed by atoms with Gasteiger partial charge < -0.3 is 4.57 Å². The first-order valence-electron chi connectivity index (χ1n) is 28.0. The molecular weight excluding hydrogens is 1090 g/mol. The molecule has 0 unspecified atom stereocenters. The number of nitrogens with zero attached hydrogens (tertiary/aromatic N) is 2. The van der Waals surface area contributed by atoms with Crippen LogP contribution in [0.4, 0.5) is 0 Å². The van der Waals surface area contributed by atoms with Gasteiger partial charge in [0, 0.05) is 55.0 Å². The molecule has 3 nitrogen and oxygen atoms in total. The van der Waals surface area contributed by atoms with E-state index in [1.165, 1.54) is 81.3 Å². The molecule has 390 valence electrons. The zero-order valence-corrected chi connectivity index (χ0v) is 47.5. The van der Waals surface area contributed by atoms with Crippen molar-refractivity contribution < 1.29 is 4.57 Å². The Balaban J connectivity index is 0.000000149. The third kappa shape index (κ3) is 9.05. The van der Waals surface area contributed by atoms with Crippen LogP contribution in [0.25, 0.3) is 132 Å². The first kappa shape index (κ1) is 50.2. The Labute approximate surface area is 490 Å². The lowest BCUT2D eigenvalue weighted by Gasteiger charge is -2.22. The van der Waals surface area contributed by atoms with E-state index < -0.39 is 7.14 Å². The standard InChI is InChI=1S/C45H30NOP.C33H20BrN/c47-48(38-15-6-2-7-16-38,39-17-8-3-9-18-39)40-28-36(27-37(29-40)43-26-23-35(30-46-43)31-11-4-1-5-12-31)41-24-21-34-20-19-32-13-10-14-33-22-25-42(41)45(34)44(32)33;34-28-18-26(17-27(19-28)31-16-13-25(20-35-31)21-5-2-1-3-6-21)29-14-11-24-10-9-22-7-4-8-23-12-15-30(29)33(24)32(22)23/h1-30H;1-20H. The SMILES string of the molecule is Brc1cc(-c2ccc(-c3ccccc3)cn2)cc(-c2ccc3ccc4cccc5ccc2c3c45)c1.O=P(c1ccccc1)(c1ccccc1)c1cc(-c2ccc(-c3ccccc3)cn2)cc(-c2ccc3ccc4cccc5ccc2c3c45)c1. The summed E-state index contributed by atoms with van der Waals surface area (Å²) < 4.78 is 16.8. The molecule has 16 aromatic rings. The van der Waals surface area contributed by atoms with E-state index in [0.717, 1.165) is 70.7 Å². The van der Waals surface area contributed by atoms with Crippen LogP contribution in [0.3, 0.4) is 0 Å². The van der Waals surface area contributed by atoms with Gasteiger partial charge in [-0.15, -0.1) is 0 Å². The normalized spacial score (nSPS) is 11.7. The van der Waals surface area contributed by atoms with E-state index in [0.29, 0.717) is 0 Å². The minimum Gasteiger partial charge on any atom is -0.309 e. The lowest BCUT2D eigenvalue weighted by molar-refractivity contribution is 0.592. The number of halogens is 1. The van der Waals surface area contributed by atoms with Gasteiger partial charge in [-0.1, -0.05) is 259 Å². The molecule has 0 spiro atoms. The smallest absolute Gasteiger partial charge is 0.171 e. The highest BCUT2D eigenvalue weighted by Gasteiger charge is 2.31. The van der Waals surface area contributed by atoms with Gasteiger partial charge in [0.15, 0.2) is 7.14 Å². The van der Waals surface area contributed by atoms with Crippen molar-refractivity contribution in [3.8, 4) is 67.0 Å². The van der Waals surface area contributed by atoms with E-state index in [4.69, 9.17) is 9.97 Å². The fourth-order valence-corrected chi connectivity index (χ4v) is 15.6. The number of pyridine rings is 2. The van der Waals surface area contributed by atoms with Crippen molar-refractivity contribution in [3.63, 3.8) is 0 Å². The summed E-state index contributed by atoms with van der Waals surface area (Å²) in [6, 6.07) is 102. The topological polar surface area (TPSA) is 42.9 Å². The third-order valence-corrected chi connectivity index (χ3v) is 19.9. The van der Waals surface area contributed by atoms with E-state index in [9.17, 15) is 0 Å². The van der Waals surface area contributed by atoms with Crippen molar-refractivity contribution in [1.82, 2.24) is 9.97 Å². The number of hydrogen-bond acceptors (Lipinski definition) is 3. The van der Waals surface area contributed by atoms with Gasteiger partial charge in [0.05, 0.1) is 11.4 Å². The second kappa shape index (κ2) is 20.9. The molecule has 0 aliphatic carbocycles. The number of rotatable bonds is 9. The Bertz CT molecular complexity index is 5020. The molecule has 0 amide bonds. The van der Waals surface area contributed by atoms with Crippen LogP contribution in [0.15, 0.2) is 308 Å². The van der Waals surface area contributed by atoms with Gasteiger partial charge in [0.25, 0.3) is 0 Å². The molecule has 16 rings (SSSR count). The number of hydrogen-bond donors (Lipinski definition) is 0. The van der Waals surface area contributed by atoms with E-state index in [-0.39, 0.29) is 0 Å². The van der Waals surface area contributed by atoms with Crippen molar-refractivity contribution in [2.75, 3.05) is 0 Å². The van der Waals surface area contributed by atoms with E-state index in [1.807, 2.05) is 97.3 Å². The van der Waals surface area contributed by atoms with Crippen molar-refractivity contribution in [1.29, 1.82) is 0 Å². The lowest BCUT2D eigenvalue weighted by atomic mass is 9.89. The van der Waals surface area contributed by atoms with Gasteiger partial charge in [-0.2, -0.15) is 0 Å². The predicted octanol–water partition coefficient (Wildman–Crippen LogP) is 20.4. The predicted molar refractivity (Wildman–Crippen MR) is 356 cm³/mol. The zero-order chi connectivity index (χ0) is 55.4. The highest BCUT2D eigenvalue weighted by Crippen LogP contribution is 2.47.